The number of amides is 2. The van der Waals surface area contributed by atoms with Crippen molar-refractivity contribution in [3.8, 4) is 10.8 Å². The van der Waals surface area contributed by atoms with Crippen molar-refractivity contribution in [2.45, 2.75) is 56.8 Å². The SMILES string of the molecule is CCOc1sc(C(F)(F)F)nc1S(=O)(=O)N1CC(CNC(C)=O)Oc2ccc(NC(=O)OC(C)(C)C(F)(F)F)cc21. The predicted octanol–water partition coefficient (Wildman–Crippen LogP) is 4.54. The summed E-state index contributed by atoms with van der Waals surface area (Å²) in [5, 5.41) is 1.36. The maximum absolute atomic E-state index is 13.7. The molecule has 0 saturated heterocycles. The lowest BCUT2D eigenvalue weighted by Crippen LogP contribution is -2.48. The molecule has 0 bridgehead atoms. The molecule has 0 saturated carbocycles. The number of thiazole rings is 1. The van der Waals surface area contributed by atoms with Crippen LogP contribution < -0.4 is 24.4 Å². The molecule has 2 aromatic rings. The van der Waals surface area contributed by atoms with Gasteiger partial charge in [0, 0.05) is 12.6 Å². The number of fused-ring (bicyclic) bond motifs is 1. The van der Waals surface area contributed by atoms with Crippen LogP contribution in [-0.4, -0.2) is 63.0 Å². The molecule has 19 heteroatoms. The number of nitrogens with zero attached hydrogens (tertiary/aromatic N) is 2. The number of ether oxygens (including phenoxy) is 3. The molecular weight excluding hydrogens is 610 g/mol. The van der Waals surface area contributed by atoms with Crippen molar-refractivity contribution in [1.29, 1.82) is 0 Å². The van der Waals surface area contributed by atoms with Gasteiger partial charge in [-0.25, -0.2) is 9.78 Å². The van der Waals surface area contributed by atoms with E-state index in [-0.39, 0.29) is 41.6 Å². The smallest absolute Gasteiger partial charge is 0.443 e. The van der Waals surface area contributed by atoms with Gasteiger partial charge in [-0.2, -0.15) is 34.8 Å². The van der Waals surface area contributed by atoms with Gasteiger partial charge in [0.15, 0.2) is 0 Å². The first-order valence-corrected chi connectivity index (χ1v) is 13.9. The Morgan fingerprint density at radius 1 is 1.20 bits per heavy atom. The second kappa shape index (κ2) is 11.4. The lowest BCUT2D eigenvalue weighted by molar-refractivity contribution is -0.242. The molecule has 0 fully saturated rings. The maximum Gasteiger partial charge on any atom is 0.443 e. The molecule has 1 aliphatic rings. The Morgan fingerprint density at radius 3 is 2.41 bits per heavy atom. The third-order valence-corrected chi connectivity index (χ3v) is 8.20. The minimum absolute atomic E-state index is 0.0209. The fourth-order valence-corrected chi connectivity index (χ4v) is 6.00. The van der Waals surface area contributed by atoms with Gasteiger partial charge >= 0.3 is 18.4 Å². The zero-order valence-corrected chi connectivity index (χ0v) is 23.4. The summed E-state index contributed by atoms with van der Waals surface area (Å²) in [6, 6.07) is 3.36. The van der Waals surface area contributed by atoms with Crippen LogP contribution in [0.25, 0.3) is 0 Å². The number of rotatable bonds is 8. The fourth-order valence-electron chi connectivity index (χ4n) is 3.32. The van der Waals surface area contributed by atoms with Crippen molar-refractivity contribution in [3.63, 3.8) is 0 Å². The van der Waals surface area contributed by atoms with Crippen molar-refractivity contribution in [2.24, 2.45) is 0 Å². The summed E-state index contributed by atoms with van der Waals surface area (Å²) in [7, 11) is -4.91. The standard InChI is InChI=1S/C22H24F6N4O7S2/c1-5-37-17-16(31-18(40-17)21(23,24)25)41(35,36)32-10-13(9-29-11(2)33)38-15-7-6-12(8-14(15)32)30-19(34)39-20(3,4)22(26,27)28/h6-8,13H,5,9-10H2,1-4H3,(H,29,33)(H,30,34). The van der Waals surface area contributed by atoms with E-state index in [1.165, 1.54) is 26.0 Å². The average molecular weight is 635 g/mol. The number of benzene rings is 1. The lowest BCUT2D eigenvalue weighted by Gasteiger charge is -2.35. The molecule has 1 aromatic heterocycles. The highest BCUT2D eigenvalue weighted by molar-refractivity contribution is 7.93. The van der Waals surface area contributed by atoms with Gasteiger partial charge in [0.05, 0.1) is 25.4 Å². The molecule has 1 aliphatic heterocycles. The van der Waals surface area contributed by atoms with Gasteiger partial charge < -0.3 is 19.5 Å². The molecule has 1 aromatic carbocycles. The van der Waals surface area contributed by atoms with Crippen LogP contribution in [0.2, 0.25) is 0 Å². The van der Waals surface area contributed by atoms with Crippen LogP contribution in [0.1, 0.15) is 32.7 Å². The van der Waals surface area contributed by atoms with E-state index in [0.717, 1.165) is 6.07 Å². The summed E-state index contributed by atoms with van der Waals surface area (Å²) in [6.07, 6.45) is -12.4. The summed E-state index contributed by atoms with van der Waals surface area (Å²) in [5.74, 6) is -0.601. The molecule has 2 N–H and O–H groups in total. The van der Waals surface area contributed by atoms with Gasteiger partial charge in [-0.1, -0.05) is 11.3 Å². The summed E-state index contributed by atoms with van der Waals surface area (Å²) in [4.78, 5) is 26.9. The third kappa shape index (κ3) is 7.24. The highest BCUT2D eigenvalue weighted by Crippen LogP contribution is 2.44. The van der Waals surface area contributed by atoms with E-state index in [0.29, 0.717) is 18.2 Å². The number of hydrogen-bond donors (Lipinski definition) is 2. The normalized spacial score (nSPS) is 16.0. The van der Waals surface area contributed by atoms with Crippen LogP contribution in [0.15, 0.2) is 23.2 Å². The number of sulfonamides is 1. The minimum Gasteiger partial charge on any atom is -0.484 e. The van der Waals surface area contributed by atoms with Gasteiger partial charge in [-0.3, -0.25) is 14.4 Å². The lowest BCUT2D eigenvalue weighted by atomic mass is 10.1. The van der Waals surface area contributed by atoms with Crippen molar-refractivity contribution in [2.75, 3.05) is 29.3 Å². The van der Waals surface area contributed by atoms with Crippen molar-refractivity contribution in [1.82, 2.24) is 10.3 Å². The first-order valence-electron chi connectivity index (χ1n) is 11.6. The predicted molar refractivity (Wildman–Crippen MR) is 133 cm³/mol. The van der Waals surface area contributed by atoms with Crippen LogP contribution in [0.5, 0.6) is 10.8 Å². The van der Waals surface area contributed by atoms with Crippen molar-refractivity contribution >= 4 is 44.7 Å². The van der Waals surface area contributed by atoms with E-state index in [9.17, 15) is 44.3 Å². The van der Waals surface area contributed by atoms with Gasteiger partial charge in [-0.05, 0) is 39.0 Å². The largest absolute Gasteiger partial charge is 0.484 e. The molecule has 228 valence electrons. The number of carbonyl (C=O) groups is 2. The molecular formula is C22H24F6N4O7S2. The summed E-state index contributed by atoms with van der Waals surface area (Å²) in [6.45, 7) is 2.96. The van der Waals surface area contributed by atoms with Gasteiger partial charge in [0.1, 0.15) is 11.9 Å². The fraction of sp³-hybridized carbons (Fsp3) is 0.500. The first-order chi connectivity index (χ1) is 18.8. The van der Waals surface area contributed by atoms with Gasteiger partial charge in [-0.15, -0.1) is 0 Å². The molecule has 0 aliphatic carbocycles. The van der Waals surface area contributed by atoms with Crippen LogP contribution in [0, 0.1) is 0 Å². The zero-order chi connectivity index (χ0) is 31.0. The quantitative estimate of drug-likeness (QED) is 0.404. The van der Waals surface area contributed by atoms with Crippen LogP contribution in [-0.2, 0) is 25.7 Å². The van der Waals surface area contributed by atoms with E-state index in [4.69, 9.17) is 9.47 Å². The molecule has 0 spiro atoms. The van der Waals surface area contributed by atoms with E-state index in [1.54, 1.807) is 0 Å². The molecule has 3 rings (SSSR count). The summed E-state index contributed by atoms with van der Waals surface area (Å²) >= 11 is -0.0209. The van der Waals surface area contributed by atoms with Gasteiger partial charge in [0.2, 0.25) is 26.6 Å². The Labute approximate surface area is 233 Å². The van der Waals surface area contributed by atoms with E-state index in [1.807, 2.05) is 0 Å². The van der Waals surface area contributed by atoms with E-state index < -0.39 is 67.7 Å². The Balaban J connectivity index is 2.05. The highest BCUT2D eigenvalue weighted by atomic mass is 32.2. The van der Waals surface area contributed by atoms with E-state index in [2.05, 4.69) is 20.4 Å². The Kier molecular flexibility index (Phi) is 8.92. The second-order valence-electron chi connectivity index (χ2n) is 8.96. The molecule has 1 unspecified atom stereocenters. The van der Waals surface area contributed by atoms with E-state index >= 15 is 0 Å². The molecule has 41 heavy (non-hydrogen) atoms. The summed E-state index contributed by atoms with van der Waals surface area (Å²) in [5.41, 5.74) is -3.38. The molecule has 1 atom stereocenters. The number of alkyl halides is 6. The molecule has 11 nitrogen and oxygen atoms in total. The third-order valence-electron chi connectivity index (χ3n) is 5.37. The Hall–Kier alpha value is -3.48. The Bertz CT molecular complexity index is 1410. The minimum atomic E-state index is -4.98. The number of anilines is 2. The van der Waals surface area contributed by atoms with Crippen molar-refractivity contribution < 1.29 is 58.6 Å². The summed E-state index contributed by atoms with van der Waals surface area (Å²) < 4.78 is 123. The first kappa shape index (κ1) is 32.0. The number of carbonyl (C=O) groups excluding carboxylic acids is 2. The molecule has 0 radical (unpaired) electrons. The monoisotopic (exact) mass is 634 g/mol. The highest BCUT2D eigenvalue weighted by Gasteiger charge is 2.51. The molecule has 2 heterocycles. The van der Waals surface area contributed by atoms with Gasteiger partial charge in [0.25, 0.3) is 10.0 Å². The number of aromatic nitrogens is 1. The number of nitrogens with one attached hydrogen (secondary N) is 2. The molecule has 2 amide bonds. The number of hydrogen-bond acceptors (Lipinski definition) is 9. The zero-order valence-electron chi connectivity index (χ0n) is 21.8. The Morgan fingerprint density at radius 2 is 1.85 bits per heavy atom. The topological polar surface area (TPSA) is 136 Å². The number of halogens is 6. The average Bonchev–Trinajstić information content (AvgIpc) is 3.27. The van der Waals surface area contributed by atoms with Crippen LogP contribution in [0.4, 0.5) is 42.5 Å². The van der Waals surface area contributed by atoms with Crippen LogP contribution in [0.3, 0.4) is 0 Å². The van der Waals surface area contributed by atoms with Crippen molar-refractivity contribution in [3.05, 3.63) is 23.2 Å². The van der Waals surface area contributed by atoms with Crippen LogP contribution >= 0.6 is 11.3 Å². The maximum atomic E-state index is 13.7. The second-order valence-corrected chi connectivity index (χ2v) is 11.7.